The predicted molar refractivity (Wildman–Crippen MR) is 67.3 cm³/mol. The summed E-state index contributed by atoms with van der Waals surface area (Å²) in [7, 11) is 0. The molecule has 0 saturated carbocycles. The second kappa shape index (κ2) is 22.1. The van der Waals surface area contributed by atoms with Gasteiger partial charge in [-0.3, -0.25) is 0 Å². The fourth-order valence-electron chi connectivity index (χ4n) is 1.06. The normalized spacial score (nSPS) is 7.62. The van der Waals surface area contributed by atoms with Crippen LogP contribution >= 0.6 is 0 Å². The van der Waals surface area contributed by atoms with Crippen LogP contribution in [0.1, 0.15) is 25.6 Å². The number of halogens is 3. The predicted octanol–water partition coefficient (Wildman–Crippen LogP) is -8.97. The zero-order valence-corrected chi connectivity index (χ0v) is 16.9. The van der Waals surface area contributed by atoms with Crippen molar-refractivity contribution in [2.75, 3.05) is 0 Å². The summed E-state index contributed by atoms with van der Waals surface area (Å²) in [5.41, 5.74) is 5.48. The van der Waals surface area contributed by atoms with Crippen LogP contribution in [-0.4, -0.2) is 35.2 Å². The van der Waals surface area contributed by atoms with E-state index >= 15 is 0 Å². The molecule has 1 heterocycles. The Morgan fingerprint density at radius 3 is 2.04 bits per heavy atom. The molecule has 0 spiro atoms. The van der Waals surface area contributed by atoms with Crippen molar-refractivity contribution in [3.8, 4) is 0 Å². The van der Waals surface area contributed by atoms with Crippen molar-refractivity contribution >= 4 is 11.9 Å². The van der Waals surface area contributed by atoms with E-state index in [1.54, 1.807) is 6.20 Å². The minimum Gasteiger partial charge on any atom is -1.00 e. The molecule has 1 aromatic rings. The van der Waals surface area contributed by atoms with E-state index in [1.165, 1.54) is 12.8 Å². The number of hydrogen-bond donors (Lipinski definition) is 3. The van der Waals surface area contributed by atoms with Crippen molar-refractivity contribution in [3.63, 3.8) is 0 Å². The molecule has 0 amide bonds. The monoisotopic (exact) mass is 589 g/mol. The largest absolute Gasteiger partial charge is 1.00 e. The standard InChI is InChI=1S/C8H15N3.C2H2O4.3ClH.NO2.Pt/c1-2-3-5-11-6-4-10-8(11)7-9;3-1(4)2(5)6;;;;2-1-3;/h4,6H,2-3,5,7,9H2,1H3;(H,3,4)(H,5,6);3*1H;;/q;;;;;;+3/p-3. The Morgan fingerprint density at radius 1 is 1.33 bits per heavy atom. The third-order valence-electron chi connectivity index (χ3n) is 1.92. The van der Waals surface area contributed by atoms with Crippen molar-refractivity contribution in [2.24, 2.45) is 5.73 Å². The minimum absolute atomic E-state index is 0. The van der Waals surface area contributed by atoms with E-state index in [0.717, 1.165) is 32.4 Å². The van der Waals surface area contributed by atoms with Crippen molar-refractivity contribution in [3.05, 3.63) is 28.3 Å². The number of aliphatic carboxylic acids is 2. The van der Waals surface area contributed by atoms with Gasteiger partial charge in [0.05, 0.1) is 6.54 Å². The number of nitro groups is 1. The zero-order chi connectivity index (χ0) is 16.8. The molecule has 10 nitrogen and oxygen atoms in total. The van der Waals surface area contributed by atoms with Crippen molar-refractivity contribution in [1.82, 2.24) is 9.55 Å². The fourth-order valence-corrected chi connectivity index (χ4v) is 1.06. The van der Waals surface area contributed by atoms with Gasteiger partial charge in [-0.05, 0) is 6.42 Å². The number of unbranched alkanes of at least 4 members (excludes halogenated alkanes) is 1. The van der Waals surface area contributed by atoms with Crippen LogP contribution in [-0.2, 0) is 42.7 Å². The average Bonchev–Trinajstić information content (AvgIpc) is 2.83. The smallest absolute Gasteiger partial charge is 1.00 e. The summed E-state index contributed by atoms with van der Waals surface area (Å²) in [5, 5.41) is 23.6. The number of imidazole rings is 1. The Labute approximate surface area is 168 Å². The first-order valence-electron chi connectivity index (χ1n) is 5.69. The molecule has 14 heteroatoms. The van der Waals surface area contributed by atoms with E-state index in [9.17, 15) is 0 Å². The number of carboxylic acid groups (broad SMARTS) is 2. The Bertz CT molecular complexity index is 448. The maximum Gasteiger partial charge on any atom is -1.00 e. The molecule has 0 aliphatic rings. The summed E-state index contributed by atoms with van der Waals surface area (Å²) in [6.07, 6.45) is 6.20. The molecule has 0 unspecified atom stereocenters. The summed E-state index contributed by atoms with van der Waals surface area (Å²) < 4.78 is 1.59. The summed E-state index contributed by atoms with van der Waals surface area (Å²) >= 11 is 1.05. The Morgan fingerprint density at radius 2 is 1.75 bits per heavy atom. The zero-order valence-electron chi connectivity index (χ0n) is 12.4. The number of carboxylic acids is 2. The van der Waals surface area contributed by atoms with E-state index in [2.05, 4.69) is 16.5 Å². The molecule has 0 fully saturated rings. The van der Waals surface area contributed by atoms with Gasteiger partial charge in [-0.1, -0.05) is 13.3 Å². The molecular formula is C10H17Cl3N4O6Pt. The molecule has 0 aliphatic heterocycles. The van der Waals surface area contributed by atoms with Crippen LogP contribution in [0.5, 0.6) is 0 Å². The van der Waals surface area contributed by atoms with Gasteiger partial charge in [0, 0.05) is 18.9 Å². The first-order valence-corrected chi connectivity index (χ1v) is 6.71. The van der Waals surface area contributed by atoms with Crippen LogP contribution in [0.4, 0.5) is 0 Å². The molecule has 0 bridgehead atoms. The van der Waals surface area contributed by atoms with Crippen LogP contribution in [0.25, 0.3) is 0 Å². The molecule has 0 aliphatic carbocycles. The van der Waals surface area contributed by atoms with Gasteiger partial charge < -0.3 is 57.7 Å². The third-order valence-corrected chi connectivity index (χ3v) is 1.92. The molecule has 0 radical (unpaired) electrons. The molecular weight excluding hydrogens is 574 g/mol. The van der Waals surface area contributed by atoms with E-state index in [4.69, 9.17) is 35.7 Å². The van der Waals surface area contributed by atoms with E-state index in [-0.39, 0.29) is 37.2 Å². The summed E-state index contributed by atoms with van der Waals surface area (Å²) in [6, 6.07) is 0. The first-order chi connectivity index (χ1) is 9.76. The molecule has 24 heavy (non-hydrogen) atoms. The summed E-state index contributed by atoms with van der Waals surface area (Å²) in [5.74, 6) is -2.66. The topological polar surface area (TPSA) is 162 Å². The minimum atomic E-state index is -1.82. The number of rotatable bonds is 4. The number of aryl methyl sites for hydroxylation is 1. The maximum absolute atomic E-state index is 9.10. The van der Waals surface area contributed by atoms with E-state index < -0.39 is 15.4 Å². The quantitative estimate of drug-likeness (QED) is 0.177. The van der Waals surface area contributed by atoms with Gasteiger partial charge in [-0.25, -0.2) is 14.6 Å². The summed E-state index contributed by atoms with van der Waals surface area (Å²) in [4.78, 5) is 31.1. The van der Waals surface area contributed by atoms with Gasteiger partial charge in [-0.15, -0.1) is 0 Å². The second-order valence-corrected chi connectivity index (χ2v) is 4.22. The van der Waals surface area contributed by atoms with Crippen molar-refractivity contribution in [1.29, 1.82) is 0 Å². The van der Waals surface area contributed by atoms with Gasteiger partial charge in [-0.2, -0.15) is 0 Å². The van der Waals surface area contributed by atoms with Crippen LogP contribution in [0.2, 0.25) is 0 Å². The summed E-state index contributed by atoms with van der Waals surface area (Å²) in [6.45, 7) is 3.76. The van der Waals surface area contributed by atoms with Crippen molar-refractivity contribution < 1.29 is 80.6 Å². The molecule has 4 N–H and O–H groups in total. The molecule has 0 atom stereocenters. The van der Waals surface area contributed by atoms with Gasteiger partial charge in [0.15, 0.2) is 0 Å². The number of nitrogens with two attached hydrogens (primary N) is 1. The van der Waals surface area contributed by atoms with Gasteiger partial charge in [0.2, 0.25) is 0 Å². The number of carbonyl (C=O) groups is 2. The van der Waals surface area contributed by atoms with Crippen molar-refractivity contribution in [2.45, 2.75) is 32.9 Å². The molecule has 144 valence electrons. The van der Waals surface area contributed by atoms with Gasteiger partial charge in [0.25, 0.3) is 0 Å². The average molecular weight is 591 g/mol. The second-order valence-electron chi connectivity index (χ2n) is 3.39. The number of aromatic nitrogens is 2. The number of hydrogen-bond acceptors (Lipinski definition) is 6. The first kappa shape index (κ1) is 34.4. The Kier molecular flexibility index (Phi) is 31.6. The Hall–Kier alpha value is -0.932. The van der Waals surface area contributed by atoms with Gasteiger partial charge >= 0.3 is 45.6 Å². The SMILES string of the molecule is CCCCn1ccnc1CN.O=C(O)C(=O)O.O=[N+]([O-])[Pt+3].[Cl-].[Cl-].[Cl-]. The molecule has 1 rings (SSSR count). The van der Waals surface area contributed by atoms with Crippen LogP contribution in [0.3, 0.4) is 0 Å². The van der Waals surface area contributed by atoms with E-state index in [1.807, 2.05) is 6.20 Å². The fraction of sp³-hybridized carbons (Fsp3) is 0.500. The maximum atomic E-state index is 9.10. The number of nitrogens with zero attached hydrogens (tertiary/aromatic N) is 3. The van der Waals surface area contributed by atoms with Gasteiger partial charge in [0.1, 0.15) is 5.82 Å². The Balaban J connectivity index is -0.0000000807. The molecule has 0 aromatic carbocycles. The van der Waals surface area contributed by atoms with Crippen LogP contribution in [0.15, 0.2) is 12.4 Å². The van der Waals surface area contributed by atoms with Crippen LogP contribution < -0.4 is 43.0 Å². The molecule has 0 saturated heterocycles. The third kappa shape index (κ3) is 23.3. The van der Waals surface area contributed by atoms with E-state index in [0.29, 0.717) is 6.54 Å². The van der Waals surface area contributed by atoms with Crippen LogP contribution in [0, 0.1) is 10.1 Å². The molecule has 1 aromatic heterocycles.